The zero-order chi connectivity index (χ0) is 14.0. The Labute approximate surface area is 110 Å². The molecule has 19 heavy (non-hydrogen) atoms. The lowest BCUT2D eigenvalue weighted by Crippen LogP contribution is -2.18. The first-order valence-corrected chi connectivity index (χ1v) is 5.90. The van der Waals surface area contributed by atoms with Gasteiger partial charge in [0.25, 0.3) is 0 Å². The summed E-state index contributed by atoms with van der Waals surface area (Å²) in [6.07, 6.45) is 0. The van der Waals surface area contributed by atoms with Crippen molar-refractivity contribution in [3.63, 3.8) is 0 Å². The Bertz CT molecular complexity index is 576. The highest BCUT2D eigenvalue weighted by molar-refractivity contribution is 5.34. The highest BCUT2D eigenvalue weighted by Crippen LogP contribution is 2.24. The van der Waals surface area contributed by atoms with Gasteiger partial charge < -0.3 is 5.32 Å². The summed E-state index contributed by atoms with van der Waals surface area (Å²) in [5.41, 5.74) is 2.00. The van der Waals surface area contributed by atoms with Crippen molar-refractivity contribution < 1.29 is 13.2 Å². The minimum Gasteiger partial charge on any atom is -0.309 e. The molecule has 0 aliphatic carbocycles. The fourth-order valence-corrected chi connectivity index (χ4v) is 2.15. The predicted octanol–water partition coefficient (Wildman–Crippen LogP) is 3.72. The first-order valence-electron chi connectivity index (χ1n) is 5.90. The number of benzene rings is 2. The smallest absolute Gasteiger partial charge is 0.159 e. The van der Waals surface area contributed by atoms with E-state index >= 15 is 0 Å². The number of aryl methyl sites for hydroxylation is 1. The number of hydrogen-bond acceptors (Lipinski definition) is 1. The summed E-state index contributed by atoms with van der Waals surface area (Å²) >= 11 is 0. The molecule has 0 bridgehead atoms. The molecule has 2 aromatic rings. The molecule has 0 heterocycles. The van der Waals surface area contributed by atoms with Crippen LogP contribution in [0.3, 0.4) is 0 Å². The van der Waals surface area contributed by atoms with Crippen LogP contribution in [0, 0.1) is 24.4 Å². The lowest BCUT2D eigenvalue weighted by molar-refractivity contribution is 0.504. The fraction of sp³-hybridized carbons (Fsp3) is 0.200. The van der Waals surface area contributed by atoms with Gasteiger partial charge in [-0.25, -0.2) is 13.2 Å². The van der Waals surface area contributed by atoms with Crippen molar-refractivity contribution in [2.75, 3.05) is 7.05 Å². The standard InChI is InChI=1S/C15H14F3N/c1-9-5-11(7-12(16)6-9)15(19-2)10-3-4-13(17)14(18)8-10/h3-8,15,19H,1-2H3. The molecule has 2 rings (SSSR count). The topological polar surface area (TPSA) is 12.0 Å². The van der Waals surface area contributed by atoms with Crippen molar-refractivity contribution in [1.82, 2.24) is 5.32 Å². The molecule has 2 aromatic carbocycles. The van der Waals surface area contributed by atoms with Crippen LogP contribution in [-0.2, 0) is 0 Å². The summed E-state index contributed by atoms with van der Waals surface area (Å²) < 4.78 is 39.6. The Balaban J connectivity index is 2.46. The lowest BCUT2D eigenvalue weighted by atomic mass is 9.97. The molecule has 100 valence electrons. The maximum atomic E-state index is 13.4. The maximum absolute atomic E-state index is 13.4. The monoisotopic (exact) mass is 265 g/mol. The molecule has 0 aliphatic heterocycles. The zero-order valence-corrected chi connectivity index (χ0v) is 10.7. The summed E-state index contributed by atoms with van der Waals surface area (Å²) in [4.78, 5) is 0. The first-order chi connectivity index (χ1) is 9.01. The average molecular weight is 265 g/mol. The van der Waals surface area contributed by atoms with Crippen molar-refractivity contribution in [3.8, 4) is 0 Å². The molecule has 0 aliphatic rings. The van der Waals surface area contributed by atoms with E-state index in [0.717, 1.165) is 17.7 Å². The molecule has 0 aromatic heterocycles. The lowest BCUT2D eigenvalue weighted by Gasteiger charge is -2.18. The first kappa shape index (κ1) is 13.6. The van der Waals surface area contributed by atoms with E-state index in [1.165, 1.54) is 18.2 Å². The number of nitrogens with one attached hydrogen (secondary N) is 1. The van der Waals surface area contributed by atoms with E-state index in [1.54, 1.807) is 14.0 Å². The van der Waals surface area contributed by atoms with Crippen LogP contribution in [0.5, 0.6) is 0 Å². The Morgan fingerprint density at radius 2 is 1.63 bits per heavy atom. The maximum Gasteiger partial charge on any atom is 0.159 e. The third kappa shape index (κ3) is 2.96. The largest absolute Gasteiger partial charge is 0.309 e. The Morgan fingerprint density at radius 1 is 0.895 bits per heavy atom. The van der Waals surface area contributed by atoms with Gasteiger partial charge >= 0.3 is 0 Å². The van der Waals surface area contributed by atoms with Gasteiger partial charge in [0.15, 0.2) is 11.6 Å². The molecule has 0 fully saturated rings. The normalized spacial score (nSPS) is 12.5. The van der Waals surface area contributed by atoms with Crippen molar-refractivity contribution >= 4 is 0 Å². The van der Waals surface area contributed by atoms with Gasteiger partial charge in [-0.3, -0.25) is 0 Å². The fourth-order valence-electron chi connectivity index (χ4n) is 2.15. The minimum atomic E-state index is -0.911. The molecule has 0 saturated heterocycles. The number of hydrogen-bond donors (Lipinski definition) is 1. The van der Waals surface area contributed by atoms with Crippen LogP contribution < -0.4 is 5.32 Å². The van der Waals surface area contributed by atoms with Crippen LogP contribution in [0.1, 0.15) is 22.7 Å². The van der Waals surface area contributed by atoms with Crippen LogP contribution in [0.15, 0.2) is 36.4 Å². The SMILES string of the molecule is CNC(c1cc(C)cc(F)c1)c1ccc(F)c(F)c1. The summed E-state index contributed by atoms with van der Waals surface area (Å²) in [6.45, 7) is 1.78. The van der Waals surface area contributed by atoms with Crippen molar-refractivity contribution in [2.24, 2.45) is 0 Å². The van der Waals surface area contributed by atoms with Crippen molar-refractivity contribution in [3.05, 3.63) is 70.5 Å². The molecule has 4 heteroatoms. The molecular weight excluding hydrogens is 251 g/mol. The van der Waals surface area contributed by atoms with E-state index < -0.39 is 11.6 Å². The van der Waals surface area contributed by atoms with Crippen LogP contribution in [0.4, 0.5) is 13.2 Å². The van der Waals surface area contributed by atoms with E-state index in [1.807, 2.05) is 6.07 Å². The van der Waals surface area contributed by atoms with Crippen LogP contribution in [0.2, 0.25) is 0 Å². The zero-order valence-electron chi connectivity index (χ0n) is 10.7. The van der Waals surface area contributed by atoms with Crippen LogP contribution in [0.25, 0.3) is 0 Å². The number of rotatable bonds is 3. The Morgan fingerprint density at radius 3 is 2.21 bits per heavy atom. The van der Waals surface area contributed by atoms with Gasteiger partial charge in [-0.2, -0.15) is 0 Å². The van der Waals surface area contributed by atoms with E-state index in [4.69, 9.17) is 0 Å². The molecule has 1 N–H and O–H groups in total. The second-order valence-electron chi connectivity index (χ2n) is 4.46. The molecular formula is C15H14F3N. The molecule has 1 atom stereocenters. The molecule has 0 saturated carbocycles. The van der Waals surface area contributed by atoms with Gasteiger partial charge in [-0.05, 0) is 54.9 Å². The van der Waals surface area contributed by atoms with Crippen LogP contribution in [-0.4, -0.2) is 7.05 Å². The number of halogens is 3. The highest BCUT2D eigenvalue weighted by Gasteiger charge is 2.15. The minimum absolute atomic E-state index is 0.349. The molecule has 0 radical (unpaired) electrons. The summed E-state index contributed by atoms with van der Waals surface area (Å²) in [5, 5.41) is 2.98. The molecule has 0 spiro atoms. The van der Waals surface area contributed by atoms with Gasteiger partial charge in [0.1, 0.15) is 5.82 Å². The molecule has 1 nitrogen and oxygen atoms in total. The van der Waals surface area contributed by atoms with Crippen LogP contribution >= 0.6 is 0 Å². The van der Waals surface area contributed by atoms with Gasteiger partial charge in [0, 0.05) is 0 Å². The second-order valence-corrected chi connectivity index (χ2v) is 4.46. The Hall–Kier alpha value is -1.81. The summed E-state index contributed by atoms with van der Waals surface area (Å²) in [7, 11) is 1.69. The van der Waals surface area contributed by atoms with Gasteiger partial charge in [0.2, 0.25) is 0 Å². The van der Waals surface area contributed by atoms with Gasteiger partial charge in [-0.15, -0.1) is 0 Å². The Kier molecular flexibility index (Phi) is 3.90. The quantitative estimate of drug-likeness (QED) is 0.891. The third-order valence-electron chi connectivity index (χ3n) is 2.96. The third-order valence-corrected chi connectivity index (χ3v) is 2.96. The second kappa shape index (κ2) is 5.45. The molecule has 0 amide bonds. The van der Waals surface area contributed by atoms with E-state index in [2.05, 4.69) is 5.32 Å². The predicted molar refractivity (Wildman–Crippen MR) is 68.4 cm³/mol. The van der Waals surface area contributed by atoms with E-state index in [-0.39, 0.29) is 11.9 Å². The van der Waals surface area contributed by atoms with Gasteiger partial charge in [-0.1, -0.05) is 12.1 Å². The summed E-state index contributed by atoms with van der Waals surface area (Å²) in [5.74, 6) is -2.15. The van der Waals surface area contributed by atoms with Crippen molar-refractivity contribution in [2.45, 2.75) is 13.0 Å². The summed E-state index contributed by atoms with van der Waals surface area (Å²) in [6, 6.07) is 7.91. The highest BCUT2D eigenvalue weighted by atomic mass is 19.2. The molecule has 1 unspecified atom stereocenters. The van der Waals surface area contributed by atoms with Crippen molar-refractivity contribution in [1.29, 1.82) is 0 Å². The average Bonchev–Trinajstić information content (AvgIpc) is 2.33. The van der Waals surface area contributed by atoms with E-state index in [9.17, 15) is 13.2 Å². The van der Waals surface area contributed by atoms with Gasteiger partial charge in [0.05, 0.1) is 6.04 Å². The van der Waals surface area contributed by atoms with E-state index in [0.29, 0.717) is 11.1 Å².